The molecule has 2 aliphatic heterocycles. The number of nitrogens with zero attached hydrogens (tertiary/aromatic N) is 2. The monoisotopic (exact) mass is 264 g/mol. The molecule has 0 aromatic heterocycles. The number of halogens is 2. The van der Waals surface area contributed by atoms with E-state index in [2.05, 4.69) is 4.90 Å². The summed E-state index contributed by atoms with van der Waals surface area (Å²) in [5.74, 6) is 0. The minimum absolute atomic E-state index is 0.113. The van der Waals surface area contributed by atoms with E-state index in [-0.39, 0.29) is 18.6 Å². The van der Waals surface area contributed by atoms with Gasteiger partial charge in [0.05, 0.1) is 31.8 Å². The molecule has 0 amide bonds. The van der Waals surface area contributed by atoms with E-state index in [0.29, 0.717) is 19.8 Å². The van der Waals surface area contributed by atoms with Crippen molar-refractivity contribution in [2.24, 2.45) is 5.41 Å². The molecule has 0 aromatic carbocycles. The average molecular weight is 264 g/mol. The molecular weight excluding hydrogens is 242 g/mol. The largest absolute Gasteiger partial charge is 0.396 e. The van der Waals surface area contributed by atoms with Crippen molar-refractivity contribution in [3.63, 3.8) is 0 Å². The number of ether oxygens (including phenoxy) is 1. The van der Waals surface area contributed by atoms with Crippen LogP contribution in [0.25, 0.3) is 0 Å². The van der Waals surface area contributed by atoms with Crippen molar-refractivity contribution >= 4 is 0 Å². The first-order chi connectivity index (χ1) is 8.63. The SMILES string of the molecule is OCC1(CN2CCCN(CC(F)F)CC2)COC1. The summed E-state index contributed by atoms with van der Waals surface area (Å²) in [5, 5.41) is 9.39. The van der Waals surface area contributed by atoms with Crippen LogP contribution in [0.1, 0.15) is 6.42 Å². The Labute approximate surface area is 107 Å². The first-order valence-corrected chi connectivity index (χ1v) is 6.55. The van der Waals surface area contributed by atoms with Crippen LogP contribution in [-0.2, 0) is 4.74 Å². The van der Waals surface area contributed by atoms with E-state index in [1.165, 1.54) is 0 Å². The molecule has 0 bridgehead atoms. The summed E-state index contributed by atoms with van der Waals surface area (Å²) in [7, 11) is 0. The van der Waals surface area contributed by atoms with Gasteiger partial charge in [-0.15, -0.1) is 0 Å². The fraction of sp³-hybridized carbons (Fsp3) is 1.00. The Balaban J connectivity index is 1.78. The maximum Gasteiger partial charge on any atom is 0.251 e. The van der Waals surface area contributed by atoms with Gasteiger partial charge in [-0.2, -0.15) is 0 Å². The smallest absolute Gasteiger partial charge is 0.251 e. The Morgan fingerprint density at radius 1 is 1.11 bits per heavy atom. The van der Waals surface area contributed by atoms with Crippen LogP contribution in [-0.4, -0.2) is 80.4 Å². The quantitative estimate of drug-likeness (QED) is 0.773. The molecule has 0 saturated carbocycles. The molecule has 4 nitrogen and oxygen atoms in total. The maximum absolute atomic E-state index is 12.3. The number of aliphatic hydroxyl groups excluding tert-OH is 1. The van der Waals surface area contributed by atoms with E-state index in [9.17, 15) is 13.9 Å². The number of aliphatic hydroxyl groups is 1. The fourth-order valence-corrected chi connectivity index (χ4v) is 2.66. The topological polar surface area (TPSA) is 35.9 Å². The summed E-state index contributed by atoms with van der Waals surface area (Å²) in [6.45, 7) is 5.20. The first-order valence-electron chi connectivity index (χ1n) is 6.55. The molecule has 2 fully saturated rings. The molecule has 2 rings (SSSR count). The summed E-state index contributed by atoms with van der Waals surface area (Å²) in [5.41, 5.74) is -0.113. The highest BCUT2D eigenvalue weighted by Gasteiger charge is 2.39. The average Bonchev–Trinajstić information content (AvgIpc) is 2.48. The Morgan fingerprint density at radius 3 is 2.33 bits per heavy atom. The lowest BCUT2D eigenvalue weighted by molar-refractivity contribution is -0.148. The van der Waals surface area contributed by atoms with Gasteiger partial charge in [0.15, 0.2) is 0 Å². The predicted octanol–water partition coefficient (Wildman–Crippen LogP) is 0.268. The van der Waals surface area contributed by atoms with Crippen LogP contribution in [0.3, 0.4) is 0 Å². The van der Waals surface area contributed by atoms with Crippen molar-refractivity contribution in [1.29, 1.82) is 0 Å². The summed E-state index contributed by atoms with van der Waals surface area (Å²) in [6.07, 6.45) is -1.34. The van der Waals surface area contributed by atoms with Crippen molar-refractivity contribution in [3.8, 4) is 0 Å². The van der Waals surface area contributed by atoms with E-state index >= 15 is 0 Å². The fourth-order valence-electron chi connectivity index (χ4n) is 2.66. The third-order valence-electron chi connectivity index (χ3n) is 3.79. The minimum atomic E-state index is -2.25. The Hall–Kier alpha value is -0.300. The summed E-state index contributed by atoms with van der Waals surface area (Å²) >= 11 is 0. The lowest BCUT2D eigenvalue weighted by atomic mass is 9.86. The summed E-state index contributed by atoms with van der Waals surface area (Å²) in [6, 6.07) is 0. The second-order valence-electron chi connectivity index (χ2n) is 5.47. The predicted molar refractivity (Wildman–Crippen MR) is 63.8 cm³/mol. The van der Waals surface area contributed by atoms with Gasteiger partial charge in [0.2, 0.25) is 0 Å². The highest BCUT2D eigenvalue weighted by Crippen LogP contribution is 2.28. The van der Waals surface area contributed by atoms with Gasteiger partial charge in [0.25, 0.3) is 6.43 Å². The molecule has 18 heavy (non-hydrogen) atoms. The van der Waals surface area contributed by atoms with Crippen LogP contribution < -0.4 is 0 Å². The second-order valence-corrected chi connectivity index (χ2v) is 5.47. The van der Waals surface area contributed by atoms with Crippen LogP contribution in [0.4, 0.5) is 8.78 Å². The van der Waals surface area contributed by atoms with Crippen molar-refractivity contribution in [3.05, 3.63) is 0 Å². The Bertz CT molecular complexity index is 257. The van der Waals surface area contributed by atoms with Crippen molar-refractivity contribution in [2.75, 3.05) is 59.1 Å². The molecule has 0 aliphatic carbocycles. The van der Waals surface area contributed by atoms with Crippen LogP contribution in [0.15, 0.2) is 0 Å². The third-order valence-corrected chi connectivity index (χ3v) is 3.79. The van der Waals surface area contributed by atoms with Crippen molar-refractivity contribution in [2.45, 2.75) is 12.8 Å². The standard InChI is InChI=1S/C12H22F2N2O2/c13-11(14)6-15-2-1-3-16(5-4-15)7-12(8-17)9-18-10-12/h11,17H,1-10H2. The molecule has 0 unspecified atom stereocenters. The number of hydrogen-bond donors (Lipinski definition) is 1. The van der Waals surface area contributed by atoms with Gasteiger partial charge < -0.3 is 14.7 Å². The van der Waals surface area contributed by atoms with Crippen molar-refractivity contribution < 1.29 is 18.6 Å². The normalized spacial score (nSPS) is 26.0. The van der Waals surface area contributed by atoms with Gasteiger partial charge in [-0.25, -0.2) is 8.78 Å². The second kappa shape index (κ2) is 6.23. The molecule has 1 N–H and O–H groups in total. The lowest BCUT2D eigenvalue weighted by Crippen LogP contribution is -2.53. The Morgan fingerprint density at radius 2 is 1.78 bits per heavy atom. The molecular formula is C12H22F2N2O2. The summed E-state index contributed by atoms with van der Waals surface area (Å²) < 4.78 is 29.8. The number of hydrogen-bond acceptors (Lipinski definition) is 4. The van der Waals surface area contributed by atoms with Gasteiger partial charge in [-0.1, -0.05) is 0 Å². The first kappa shape index (κ1) is 14.1. The van der Waals surface area contributed by atoms with Crippen molar-refractivity contribution in [1.82, 2.24) is 9.80 Å². The van der Waals surface area contributed by atoms with Crippen LogP contribution in [0, 0.1) is 5.41 Å². The molecule has 0 atom stereocenters. The van der Waals surface area contributed by atoms with E-state index in [0.717, 1.165) is 32.6 Å². The molecule has 2 heterocycles. The van der Waals surface area contributed by atoms with Crippen LogP contribution in [0.5, 0.6) is 0 Å². The van der Waals surface area contributed by atoms with Crippen LogP contribution >= 0.6 is 0 Å². The van der Waals surface area contributed by atoms with Gasteiger partial charge in [0.1, 0.15) is 0 Å². The molecule has 2 aliphatic rings. The molecule has 2 saturated heterocycles. The molecule has 6 heteroatoms. The number of rotatable bonds is 5. The Kier molecular flexibility index (Phi) is 4.89. The van der Waals surface area contributed by atoms with Crippen LogP contribution in [0.2, 0.25) is 0 Å². The van der Waals surface area contributed by atoms with Gasteiger partial charge in [-0.3, -0.25) is 4.90 Å². The van der Waals surface area contributed by atoms with E-state index in [1.807, 2.05) is 4.90 Å². The molecule has 106 valence electrons. The maximum atomic E-state index is 12.3. The molecule has 0 aromatic rings. The van der Waals surface area contributed by atoms with E-state index < -0.39 is 6.43 Å². The highest BCUT2D eigenvalue weighted by atomic mass is 19.3. The number of alkyl halides is 2. The van der Waals surface area contributed by atoms with Gasteiger partial charge in [-0.05, 0) is 19.5 Å². The van der Waals surface area contributed by atoms with Gasteiger partial charge in [0, 0.05) is 19.6 Å². The zero-order chi connectivity index (χ0) is 13.0. The highest BCUT2D eigenvalue weighted by molar-refractivity contribution is 4.89. The molecule has 0 spiro atoms. The van der Waals surface area contributed by atoms with Gasteiger partial charge >= 0.3 is 0 Å². The van der Waals surface area contributed by atoms with E-state index in [4.69, 9.17) is 4.74 Å². The molecule has 0 radical (unpaired) electrons. The third kappa shape index (κ3) is 3.60. The summed E-state index contributed by atoms with van der Waals surface area (Å²) in [4.78, 5) is 4.10. The van der Waals surface area contributed by atoms with E-state index in [1.54, 1.807) is 0 Å². The lowest BCUT2D eigenvalue weighted by Gasteiger charge is -2.43. The zero-order valence-corrected chi connectivity index (χ0v) is 10.7. The zero-order valence-electron chi connectivity index (χ0n) is 10.7. The minimum Gasteiger partial charge on any atom is -0.396 e.